The Morgan fingerprint density at radius 3 is 2.41 bits per heavy atom. The molecule has 1 aromatic rings. The summed E-state index contributed by atoms with van der Waals surface area (Å²) in [5.41, 5.74) is 1.55. The molecule has 0 radical (unpaired) electrons. The van der Waals surface area contributed by atoms with Gasteiger partial charge >= 0.3 is 0 Å². The quantitative estimate of drug-likeness (QED) is 0.734. The summed E-state index contributed by atoms with van der Waals surface area (Å²) in [4.78, 5) is 24.9. The number of hydrogen-bond acceptors (Lipinski definition) is 3. The van der Waals surface area contributed by atoms with Crippen molar-refractivity contribution < 1.29 is 14.3 Å². The number of carbonyl (C=O) groups excluding carboxylic acids is 2. The molecule has 1 saturated heterocycles. The van der Waals surface area contributed by atoms with Crippen molar-refractivity contribution in [2.24, 2.45) is 0 Å². The second-order valence-corrected chi connectivity index (χ2v) is 4.15. The van der Waals surface area contributed by atoms with Crippen LogP contribution in [0, 0.1) is 6.92 Å². The zero-order chi connectivity index (χ0) is 12.4. The third kappa shape index (κ3) is 2.16. The molecule has 2 amide bonds. The summed E-state index contributed by atoms with van der Waals surface area (Å²) >= 11 is 0. The number of aryl methyl sites for hydroxylation is 1. The lowest BCUT2D eigenvalue weighted by atomic mass is 10.1. The molecule has 0 aromatic heterocycles. The Balaban J connectivity index is 2.47. The highest BCUT2D eigenvalue weighted by Crippen LogP contribution is 2.32. The number of ether oxygens (including phenoxy) is 1. The molecule has 0 unspecified atom stereocenters. The van der Waals surface area contributed by atoms with Crippen molar-refractivity contribution in [1.82, 2.24) is 0 Å². The van der Waals surface area contributed by atoms with Crippen molar-refractivity contribution >= 4 is 17.5 Å². The number of imide groups is 1. The second kappa shape index (κ2) is 4.57. The summed E-state index contributed by atoms with van der Waals surface area (Å²) in [5.74, 6) is 0.259. The number of hydrogen-bond donors (Lipinski definition) is 0. The maximum atomic E-state index is 11.8. The van der Waals surface area contributed by atoms with E-state index in [4.69, 9.17) is 4.74 Å². The predicted molar refractivity (Wildman–Crippen MR) is 64.1 cm³/mol. The van der Waals surface area contributed by atoms with Crippen LogP contribution >= 0.6 is 0 Å². The predicted octanol–water partition coefficient (Wildman–Crippen LogP) is 2.05. The number of nitrogens with zero attached hydrogens (tertiary/aromatic N) is 1. The van der Waals surface area contributed by atoms with Crippen LogP contribution in [0.4, 0.5) is 5.69 Å². The number of carbonyl (C=O) groups is 2. The Hall–Kier alpha value is -1.84. The first-order chi connectivity index (χ1) is 8.13. The van der Waals surface area contributed by atoms with Gasteiger partial charge in [0.15, 0.2) is 0 Å². The number of benzene rings is 1. The Bertz CT molecular complexity index is 452. The maximum absolute atomic E-state index is 11.8. The van der Waals surface area contributed by atoms with E-state index >= 15 is 0 Å². The van der Waals surface area contributed by atoms with Crippen LogP contribution in [0.5, 0.6) is 5.75 Å². The molecule has 2 rings (SSSR count). The average molecular weight is 233 g/mol. The third-order valence-electron chi connectivity index (χ3n) is 2.86. The molecule has 1 heterocycles. The van der Waals surface area contributed by atoms with Gasteiger partial charge in [0.1, 0.15) is 5.75 Å². The Kier molecular flexibility index (Phi) is 3.13. The van der Waals surface area contributed by atoms with Crippen molar-refractivity contribution in [3.05, 3.63) is 23.8 Å². The fourth-order valence-electron chi connectivity index (χ4n) is 2.00. The van der Waals surface area contributed by atoms with E-state index in [9.17, 15) is 9.59 Å². The summed E-state index contributed by atoms with van der Waals surface area (Å²) in [7, 11) is 1.53. The first-order valence-electron chi connectivity index (χ1n) is 5.64. The smallest absolute Gasteiger partial charge is 0.233 e. The maximum Gasteiger partial charge on any atom is 0.233 e. The van der Waals surface area contributed by atoms with Gasteiger partial charge in [-0.2, -0.15) is 0 Å². The van der Waals surface area contributed by atoms with E-state index in [1.165, 1.54) is 12.0 Å². The van der Waals surface area contributed by atoms with Crippen LogP contribution in [-0.2, 0) is 9.59 Å². The molecule has 4 nitrogen and oxygen atoms in total. The molecule has 4 heteroatoms. The van der Waals surface area contributed by atoms with Crippen molar-refractivity contribution in [1.29, 1.82) is 0 Å². The molecule has 0 N–H and O–H groups in total. The van der Waals surface area contributed by atoms with Crippen LogP contribution in [-0.4, -0.2) is 18.9 Å². The van der Waals surface area contributed by atoms with E-state index < -0.39 is 0 Å². The lowest BCUT2D eigenvalue weighted by Crippen LogP contribution is -2.40. The molecule has 1 aromatic carbocycles. The van der Waals surface area contributed by atoms with Crippen LogP contribution in [0.25, 0.3) is 0 Å². The fraction of sp³-hybridized carbons (Fsp3) is 0.385. The molecule has 0 bridgehead atoms. The van der Waals surface area contributed by atoms with Crippen LogP contribution in [0.15, 0.2) is 18.2 Å². The monoisotopic (exact) mass is 233 g/mol. The van der Waals surface area contributed by atoms with E-state index in [1.807, 2.05) is 13.0 Å². The van der Waals surface area contributed by atoms with E-state index in [-0.39, 0.29) is 11.8 Å². The van der Waals surface area contributed by atoms with Gasteiger partial charge in [-0.1, -0.05) is 6.07 Å². The fourth-order valence-corrected chi connectivity index (χ4v) is 2.00. The minimum absolute atomic E-state index is 0.148. The lowest BCUT2D eigenvalue weighted by molar-refractivity contribution is -0.129. The molecular formula is C13H15NO3. The van der Waals surface area contributed by atoms with Gasteiger partial charge in [-0.3, -0.25) is 9.59 Å². The van der Waals surface area contributed by atoms with E-state index in [1.54, 1.807) is 12.1 Å². The van der Waals surface area contributed by atoms with Crippen LogP contribution < -0.4 is 9.64 Å². The van der Waals surface area contributed by atoms with Gasteiger partial charge in [-0.05, 0) is 31.0 Å². The first kappa shape index (κ1) is 11.6. The average Bonchev–Trinajstić information content (AvgIpc) is 2.29. The molecule has 90 valence electrons. The SMILES string of the molecule is COc1ccc(C)cc1N1C(=O)CCCC1=O. The van der Waals surface area contributed by atoms with E-state index in [2.05, 4.69) is 0 Å². The third-order valence-corrected chi connectivity index (χ3v) is 2.86. The van der Waals surface area contributed by atoms with Crippen LogP contribution in [0.3, 0.4) is 0 Å². The second-order valence-electron chi connectivity index (χ2n) is 4.15. The molecular weight excluding hydrogens is 218 g/mol. The molecule has 0 atom stereocenters. The molecule has 0 spiro atoms. The van der Waals surface area contributed by atoms with Gasteiger partial charge in [-0.25, -0.2) is 4.90 Å². The molecule has 0 saturated carbocycles. The summed E-state index contributed by atoms with van der Waals surface area (Å²) in [6, 6.07) is 5.47. The largest absolute Gasteiger partial charge is 0.495 e. The highest BCUT2D eigenvalue weighted by molar-refractivity contribution is 6.17. The van der Waals surface area contributed by atoms with Crippen molar-refractivity contribution in [3.63, 3.8) is 0 Å². The standard InChI is InChI=1S/C13H15NO3/c1-9-6-7-11(17-2)10(8-9)14-12(15)4-3-5-13(14)16/h6-8H,3-5H2,1-2H3. The highest BCUT2D eigenvalue weighted by Gasteiger charge is 2.29. The van der Waals surface area contributed by atoms with Gasteiger partial charge in [0, 0.05) is 12.8 Å². The summed E-state index contributed by atoms with van der Waals surface area (Å²) in [5, 5.41) is 0. The van der Waals surface area contributed by atoms with Gasteiger partial charge in [-0.15, -0.1) is 0 Å². The first-order valence-corrected chi connectivity index (χ1v) is 5.64. The minimum atomic E-state index is -0.148. The Labute approximate surface area is 100 Å². The van der Waals surface area contributed by atoms with Crippen molar-refractivity contribution in [2.45, 2.75) is 26.2 Å². The zero-order valence-corrected chi connectivity index (χ0v) is 10.0. The van der Waals surface area contributed by atoms with E-state index in [0.29, 0.717) is 30.7 Å². The van der Waals surface area contributed by atoms with Crippen molar-refractivity contribution in [2.75, 3.05) is 12.0 Å². The number of amides is 2. The molecule has 1 aliphatic heterocycles. The molecule has 17 heavy (non-hydrogen) atoms. The topological polar surface area (TPSA) is 46.6 Å². The number of anilines is 1. The number of methoxy groups -OCH3 is 1. The molecule has 0 aliphatic carbocycles. The zero-order valence-electron chi connectivity index (χ0n) is 10.0. The molecule has 1 aliphatic rings. The molecule has 1 fully saturated rings. The van der Waals surface area contributed by atoms with Gasteiger partial charge in [0.25, 0.3) is 0 Å². The summed E-state index contributed by atoms with van der Waals surface area (Å²) < 4.78 is 5.20. The van der Waals surface area contributed by atoms with E-state index in [0.717, 1.165) is 5.56 Å². The van der Waals surface area contributed by atoms with Crippen LogP contribution in [0.2, 0.25) is 0 Å². The van der Waals surface area contributed by atoms with Gasteiger partial charge < -0.3 is 4.74 Å². The summed E-state index contributed by atoms with van der Waals surface area (Å²) in [6.45, 7) is 1.92. The minimum Gasteiger partial charge on any atom is -0.495 e. The number of piperidine rings is 1. The Morgan fingerprint density at radius 1 is 1.18 bits per heavy atom. The Morgan fingerprint density at radius 2 is 1.82 bits per heavy atom. The number of rotatable bonds is 2. The van der Waals surface area contributed by atoms with Crippen molar-refractivity contribution in [3.8, 4) is 5.75 Å². The normalized spacial score (nSPS) is 16.2. The van der Waals surface area contributed by atoms with Gasteiger partial charge in [0.2, 0.25) is 11.8 Å². The lowest BCUT2D eigenvalue weighted by Gasteiger charge is -2.26. The van der Waals surface area contributed by atoms with Gasteiger partial charge in [0.05, 0.1) is 12.8 Å². The van der Waals surface area contributed by atoms with Crippen LogP contribution in [0.1, 0.15) is 24.8 Å². The summed E-state index contributed by atoms with van der Waals surface area (Å²) in [6.07, 6.45) is 1.48. The highest BCUT2D eigenvalue weighted by atomic mass is 16.5.